The molecule has 1 saturated heterocycles. The average molecular weight is 239 g/mol. The zero-order valence-electron chi connectivity index (χ0n) is 11.0. The highest BCUT2D eigenvalue weighted by Gasteiger charge is 2.29. The quantitative estimate of drug-likeness (QED) is 0.765. The monoisotopic (exact) mass is 239 g/mol. The number of hydrogen-bond acceptors (Lipinski definition) is 2. The summed E-state index contributed by atoms with van der Waals surface area (Å²) in [5, 5.41) is 8.86. The first-order valence-electron chi connectivity index (χ1n) is 6.04. The molecule has 1 heterocycles. The minimum absolute atomic E-state index is 0.131. The van der Waals surface area contributed by atoms with Crippen molar-refractivity contribution in [3.63, 3.8) is 0 Å². The maximum Gasteiger partial charge on any atom is 0.331 e. The van der Waals surface area contributed by atoms with Crippen LogP contribution in [0.25, 0.3) is 0 Å². The molecule has 4 heteroatoms. The molecule has 0 aliphatic carbocycles. The molecule has 96 valence electrons. The third-order valence-electron chi connectivity index (χ3n) is 3.66. The van der Waals surface area contributed by atoms with Crippen LogP contribution >= 0.6 is 0 Å². The number of rotatable bonds is 3. The summed E-state index contributed by atoms with van der Waals surface area (Å²) in [5.74, 6) is -0.0435. The van der Waals surface area contributed by atoms with Gasteiger partial charge in [-0.3, -0.25) is 4.79 Å². The second kappa shape index (κ2) is 5.34. The standard InChI is InChI=1S/C13H21NO3/c1-8(2)11-5-6-14(7-11)12(15)9(3)10(4)13(16)17/h8,11H,5-7H2,1-4H3,(H,16,17). The van der Waals surface area contributed by atoms with Crippen molar-refractivity contribution in [1.82, 2.24) is 4.90 Å². The topological polar surface area (TPSA) is 57.6 Å². The normalized spacial score (nSPS) is 21.7. The zero-order chi connectivity index (χ0) is 13.2. The number of carboxylic acids is 1. The molecule has 1 N–H and O–H groups in total. The molecular formula is C13H21NO3. The van der Waals surface area contributed by atoms with Gasteiger partial charge in [0.25, 0.3) is 0 Å². The molecule has 4 nitrogen and oxygen atoms in total. The second-order valence-corrected chi connectivity index (χ2v) is 5.10. The maximum atomic E-state index is 12.1. The first kappa shape index (κ1) is 13.7. The van der Waals surface area contributed by atoms with Crippen molar-refractivity contribution in [2.75, 3.05) is 13.1 Å². The summed E-state index contributed by atoms with van der Waals surface area (Å²) in [6, 6.07) is 0. The van der Waals surface area contributed by atoms with E-state index < -0.39 is 5.97 Å². The van der Waals surface area contributed by atoms with E-state index in [4.69, 9.17) is 5.11 Å². The molecule has 1 atom stereocenters. The lowest BCUT2D eigenvalue weighted by Crippen LogP contribution is -2.30. The molecule has 1 unspecified atom stereocenters. The summed E-state index contributed by atoms with van der Waals surface area (Å²) in [4.78, 5) is 24.6. The lowest BCUT2D eigenvalue weighted by molar-refractivity contribution is -0.133. The minimum Gasteiger partial charge on any atom is -0.478 e. The van der Waals surface area contributed by atoms with Crippen molar-refractivity contribution in [2.24, 2.45) is 11.8 Å². The Morgan fingerprint density at radius 3 is 2.24 bits per heavy atom. The molecule has 0 bridgehead atoms. The van der Waals surface area contributed by atoms with Crippen LogP contribution in [-0.2, 0) is 9.59 Å². The minimum atomic E-state index is -1.02. The Bertz CT molecular complexity index is 358. The van der Waals surface area contributed by atoms with E-state index in [1.165, 1.54) is 6.92 Å². The molecular weight excluding hydrogens is 218 g/mol. The van der Waals surface area contributed by atoms with Crippen LogP contribution in [0, 0.1) is 11.8 Å². The lowest BCUT2D eigenvalue weighted by Gasteiger charge is -2.19. The molecule has 17 heavy (non-hydrogen) atoms. The number of carbonyl (C=O) groups is 2. The summed E-state index contributed by atoms with van der Waals surface area (Å²) >= 11 is 0. The van der Waals surface area contributed by atoms with E-state index in [1.807, 2.05) is 0 Å². The SMILES string of the molecule is CC(C(=O)O)=C(C)C(=O)N1CCC(C(C)C)C1. The fraction of sp³-hybridized carbons (Fsp3) is 0.692. The third kappa shape index (κ3) is 3.08. The Hall–Kier alpha value is -1.32. The van der Waals surface area contributed by atoms with Gasteiger partial charge in [0.2, 0.25) is 5.91 Å². The fourth-order valence-electron chi connectivity index (χ4n) is 2.07. The summed E-state index contributed by atoms with van der Waals surface area (Å²) < 4.78 is 0. The van der Waals surface area contributed by atoms with E-state index in [1.54, 1.807) is 11.8 Å². The molecule has 1 rings (SSSR count). The molecule has 0 aromatic heterocycles. The van der Waals surface area contributed by atoms with E-state index in [9.17, 15) is 9.59 Å². The van der Waals surface area contributed by atoms with Crippen LogP contribution in [-0.4, -0.2) is 35.0 Å². The van der Waals surface area contributed by atoms with Crippen LogP contribution in [0.1, 0.15) is 34.1 Å². The van der Waals surface area contributed by atoms with Gasteiger partial charge in [-0.15, -0.1) is 0 Å². The highest BCUT2D eigenvalue weighted by atomic mass is 16.4. The zero-order valence-corrected chi connectivity index (χ0v) is 11.0. The predicted molar refractivity (Wildman–Crippen MR) is 65.5 cm³/mol. The molecule has 0 aromatic rings. The summed E-state index contributed by atoms with van der Waals surface area (Å²) in [6.45, 7) is 8.88. The number of amides is 1. The van der Waals surface area contributed by atoms with Crippen molar-refractivity contribution in [3.05, 3.63) is 11.1 Å². The van der Waals surface area contributed by atoms with Crippen LogP contribution in [0.4, 0.5) is 0 Å². The van der Waals surface area contributed by atoms with Gasteiger partial charge in [-0.2, -0.15) is 0 Å². The predicted octanol–water partition coefficient (Wildman–Crippen LogP) is 1.91. The second-order valence-electron chi connectivity index (χ2n) is 5.10. The van der Waals surface area contributed by atoms with Crippen molar-refractivity contribution in [2.45, 2.75) is 34.1 Å². The van der Waals surface area contributed by atoms with E-state index in [2.05, 4.69) is 13.8 Å². The Labute approximate surface area is 102 Å². The van der Waals surface area contributed by atoms with Crippen molar-refractivity contribution >= 4 is 11.9 Å². The number of nitrogens with zero attached hydrogens (tertiary/aromatic N) is 1. The average Bonchev–Trinajstić information content (AvgIpc) is 2.75. The van der Waals surface area contributed by atoms with Gasteiger partial charge in [0, 0.05) is 24.2 Å². The van der Waals surface area contributed by atoms with Crippen LogP contribution < -0.4 is 0 Å². The number of carbonyl (C=O) groups excluding carboxylic acids is 1. The van der Waals surface area contributed by atoms with Crippen LogP contribution in [0.15, 0.2) is 11.1 Å². The van der Waals surface area contributed by atoms with Crippen LogP contribution in [0.2, 0.25) is 0 Å². The Morgan fingerprint density at radius 1 is 1.24 bits per heavy atom. The highest BCUT2D eigenvalue weighted by molar-refractivity contribution is 6.01. The van der Waals surface area contributed by atoms with Gasteiger partial charge >= 0.3 is 5.97 Å². The van der Waals surface area contributed by atoms with Gasteiger partial charge in [-0.05, 0) is 32.1 Å². The Balaban J connectivity index is 2.74. The number of hydrogen-bond donors (Lipinski definition) is 1. The highest BCUT2D eigenvalue weighted by Crippen LogP contribution is 2.25. The van der Waals surface area contributed by atoms with Gasteiger partial charge in [0.15, 0.2) is 0 Å². The summed E-state index contributed by atoms with van der Waals surface area (Å²) in [7, 11) is 0. The van der Waals surface area contributed by atoms with E-state index >= 15 is 0 Å². The molecule has 1 aliphatic rings. The number of carboxylic acid groups (broad SMARTS) is 1. The van der Waals surface area contributed by atoms with E-state index in [0.717, 1.165) is 19.5 Å². The van der Waals surface area contributed by atoms with E-state index in [-0.39, 0.29) is 11.5 Å². The van der Waals surface area contributed by atoms with Crippen molar-refractivity contribution < 1.29 is 14.7 Å². The molecule has 1 fully saturated rings. The smallest absolute Gasteiger partial charge is 0.331 e. The van der Waals surface area contributed by atoms with Crippen LogP contribution in [0.5, 0.6) is 0 Å². The van der Waals surface area contributed by atoms with E-state index in [0.29, 0.717) is 17.4 Å². The first-order chi connectivity index (χ1) is 7.84. The van der Waals surface area contributed by atoms with Crippen LogP contribution in [0.3, 0.4) is 0 Å². The molecule has 0 radical (unpaired) electrons. The summed E-state index contributed by atoms with van der Waals surface area (Å²) in [5.41, 5.74) is 0.491. The molecule has 1 aliphatic heterocycles. The van der Waals surface area contributed by atoms with Gasteiger partial charge < -0.3 is 10.0 Å². The fourth-order valence-corrected chi connectivity index (χ4v) is 2.07. The lowest BCUT2D eigenvalue weighted by atomic mass is 9.95. The first-order valence-corrected chi connectivity index (χ1v) is 6.04. The molecule has 0 spiro atoms. The number of likely N-dealkylation sites (tertiary alicyclic amines) is 1. The Kier molecular flexibility index (Phi) is 4.32. The summed E-state index contributed by atoms with van der Waals surface area (Å²) in [6.07, 6.45) is 1.02. The molecule has 0 aromatic carbocycles. The van der Waals surface area contributed by atoms with Gasteiger partial charge in [0.1, 0.15) is 0 Å². The number of aliphatic carboxylic acids is 1. The van der Waals surface area contributed by atoms with Crippen molar-refractivity contribution in [3.8, 4) is 0 Å². The molecule has 1 amide bonds. The third-order valence-corrected chi connectivity index (χ3v) is 3.66. The van der Waals surface area contributed by atoms with Crippen molar-refractivity contribution in [1.29, 1.82) is 0 Å². The van der Waals surface area contributed by atoms with Gasteiger partial charge in [0.05, 0.1) is 0 Å². The largest absolute Gasteiger partial charge is 0.478 e. The van der Waals surface area contributed by atoms with Gasteiger partial charge in [-0.25, -0.2) is 4.79 Å². The maximum absolute atomic E-state index is 12.1. The molecule has 0 saturated carbocycles. The van der Waals surface area contributed by atoms with Gasteiger partial charge in [-0.1, -0.05) is 13.8 Å². The Morgan fingerprint density at radius 2 is 1.82 bits per heavy atom.